The Morgan fingerprint density at radius 1 is 1.27 bits per heavy atom. The van der Waals surface area contributed by atoms with Gasteiger partial charge < -0.3 is 4.90 Å². The summed E-state index contributed by atoms with van der Waals surface area (Å²) in [6, 6.07) is 8.47. The van der Waals surface area contributed by atoms with E-state index in [-0.39, 0.29) is 26.5 Å². The van der Waals surface area contributed by atoms with Gasteiger partial charge in [-0.1, -0.05) is 32.9 Å². The Morgan fingerprint density at radius 3 is 2.40 bits per heavy atom. The van der Waals surface area contributed by atoms with Crippen molar-refractivity contribution in [3.05, 3.63) is 31.3 Å². The van der Waals surface area contributed by atoms with Gasteiger partial charge in [-0.25, -0.2) is 0 Å². The van der Waals surface area contributed by atoms with Crippen molar-refractivity contribution in [2.75, 3.05) is 4.90 Å². The van der Waals surface area contributed by atoms with Crippen LogP contribution < -0.4 is 4.90 Å². The fourth-order valence-electron chi connectivity index (χ4n) is 1.75. The van der Waals surface area contributed by atoms with Gasteiger partial charge in [-0.15, -0.1) is 11.8 Å². The monoisotopic (exact) mass is 390 g/mol. The first kappa shape index (κ1) is 13.1. The maximum Gasteiger partial charge on any atom is 0.0569 e. The molecule has 1 aromatic rings. The van der Waals surface area contributed by atoms with E-state index in [0.29, 0.717) is 5.37 Å². The average molecular weight is 390 g/mol. The number of benzene rings is 1. The number of rotatable bonds is 0. The molecule has 0 N–H and O–H groups in total. The molecule has 0 saturated heterocycles. The van der Waals surface area contributed by atoms with Gasteiger partial charge in [0.05, 0.1) is 5.37 Å². The van der Waals surface area contributed by atoms with E-state index >= 15 is 0 Å². The van der Waals surface area contributed by atoms with Crippen LogP contribution >= 0.6 is 11.8 Å². The van der Waals surface area contributed by atoms with Crippen LogP contribution in [0.5, 0.6) is 0 Å². The third-order valence-electron chi connectivity index (χ3n) is 2.44. The van der Waals surface area contributed by atoms with Gasteiger partial charge in [-0.2, -0.15) is 0 Å². The van der Waals surface area contributed by atoms with Gasteiger partial charge in [0.15, 0.2) is 0 Å². The number of nitrogens with zero attached hydrogens (tertiary/aromatic N) is 1. The maximum atomic E-state index is 4.14. The molecule has 0 aromatic heterocycles. The van der Waals surface area contributed by atoms with Crippen molar-refractivity contribution in [1.29, 1.82) is 0 Å². The molecule has 1 aromatic carbocycles. The predicted octanol–water partition coefficient (Wildman–Crippen LogP) is 3.76. The first-order chi connectivity index (χ1) is 6.50. The molecule has 0 spiro atoms. The van der Waals surface area contributed by atoms with E-state index in [2.05, 4.69) is 57.0 Å². The van der Waals surface area contributed by atoms with Crippen LogP contribution in [0.1, 0.15) is 20.8 Å². The minimum absolute atomic E-state index is 0. The topological polar surface area (TPSA) is 3.24 Å². The average Bonchev–Trinajstić information content (AvgIpc) is 2.44. The van der Waals surface area contributed by atoms with Crippen LogP contribution in [0.15, 0.2) is 29.2 Å². The quantitative estimate of drug-likeness (QED) is 0.621. The molecule has 3 heteroatoms. The van der Waals surface area contributed by atoms with Crippen LogP contribution in [-0.2, 0) is 21.1 Å². The van der Waals surface area contributed by atoms with Crippen molar-refractivity contribution in [2.24, 2.45) is 5.41 Å². The third kappa shape index (κ3) is 2.42. The molecule has 0 amide bonds. The Hall–Kier alpha value is 0.0583. The van der Waals surface area contributed by atoms with Crippen LogP contribution in [0.25, 0.3) is 0 Å². The minimum Gasteiger partial charge on any atom is -0.513 e. The summed E-state index contributed by atoms with van der Waals surface area (Å²) in [5, 5.41) is 0.444. The van der Waals surface area contributed by atoms with Crippen molar-refractivity contribution >= 4 is 17.4 Å². The molecule has 1 heterocycles. The van der Waals surface area contributed by atoms with Gasteiger partial charge in [0.1, 0.15) is 0 Å². The van der Waals surface area contributed by atoms with Gasteiger partial charge in [-0.05, 0) is 17.5 Å². The molecule has 1 nitrogen and oxygen atoms in total. The predicted molar refractivity (Wildman–Crippen MR) is 63.4 cm³/mol. The van der Waals surface area contributed by atoms with E-state index in [1.807, 2.05) is 11.8 Å². The summed E-state index contributed by atoms with van der Waals surface area (Å²) >= 11 is 1.91. The SMILES string of the molecule is [CH2-]N1c2ccccc2SC1C(C)(C)C.[W]. The van der Waals surface area contributed by atoms with E-state index in [1.54, 1.807) is 0 Å². The zero-order valence-corrected chi connectivity index (χ0v) is 13.1. The summed E-state index contributed by atoms with van der Waals surface area (Å²) in [4.78, 5) is 3.49. The molecule has 82 valence electrons. The smallest absolute Gasteiger partial charge is 0.0569 e. The van der Waals surface area contributed by atoms with Gasteiger partial charge in [0.2, 0.25) is 0 Å². The van der Waals surface area contributed by atoms with Crippen LogP contribution in [0.4, 0.5) is 5.69 Å². The number of hydrogen-bond acceptors (Lipinski definition) is 2. The Labute approximate surface area is 111 Å². The van der Waals surface area contributed by atoms with E-state index in [1.165, 1.54) is 10.6 Å². The van der Waals surface area contributed by atoms with Crippen molar-refractivity contribution < 1.29 is 21.1 Å². The van der Waals surface area contributed by atoms with Crippen LogP contribution in [0.3, 0.4) is 0 Å². The molecule has 15 heavy (non-hydrogen) atoms. The number of thioether (sulfide) groups is 1. The Balaban J connectivity index is 0.00000112. The number of hydrogen-bond donors (Lipinski definition) is 0. The zero-order chi connectivity index (χ0) is 10.3. The maximum absolute atomic E-state index is 4.14. The summed E-state index contributed by atoms with van der Waals surface area (Å²) in [5.41, 5.74) is 1.52. The second kappa shape index (κ2) is 4.51. The molecule has 0 radical (unpaired) electrons. The zero-order valence-electron chi connectivity index (χ0n) is 9.36. The molecule has 1 unspecified atom stereocenters. The molecule has 0 bridgehead atoms. The van der Waals surface area contributed by atoms with Gasteiger partial charge in [0.25, 0.3) is 0 Å². The second-order valence-corrected chi connectivity index (χ2v) is 5.90. The van der Waals surface area contributed by atoms with Crippen LogP contribution in [-0.4, -0.2) is 5.37 Å². The third-order valence-corrected chi connectivity index (χ3v) is 4.22. The molecule has 0 fully saturated rings. The number of para-hydroxylation sites is 1. The molecule has 2 rings (SSSR count). The first-order valence-corrected chi connectivity index (χ1v) is 5.73. The molecular formula is C12H16NSW-. The summed E-state index contributed by atoms with van der Waals surface area (Å²) in [7, 11) is 4.14. The largest absolute Gasteiger partial charge is 0.513 e. The Bertz CT molecular complexity index is 346. The number of anilines is 1. The Kier molecular flexibility index (Phi) is 3.95. The summed E-state index contributed by atoms with van der Waals surface area (Å²) < 4.78 is 0. The van der Waals surface area contributed by atoms with Crippen LogP contribution in [0.2, 0.25) is 0 Å². The molecular weight excluding hydrogens is 374 g/mol. The molecule has 0 aliphatic carbocycles. The van der Waals surface area contributed by atoms with E-state index in [4.69, 9.17) is 0 Å². The van der Waals surface area contributed by atoms with E-state index < -0.39 is 0 Å². The normalized spacial score (nSPS) is 19.7. The summed E-state index contributed by atoms with van der Waals surface area (Å²) in [6.07, 6.45) is 0. The Morgan fingerprint density at radius 2 is 1.87 bits per heavy atom. The van der Waals surface area contributed by atoms with Gasteiger partial charge in [0, 0.05) is 31.6 Å². The number of fused-ring (bicyclic) bond motifs is 1. The van der Waals surface area contributed by atoms with Crippen molar-refractivity contribution in [3.63, 3.8) is 0 Å². The van der Waals surface area contributed by atoms with Crippen molar-refractivity contribution in [3.8, 4) is 0 Å². The standard InChI is InChI=1S/C12H16NS.W/c1-12(2,3)11-13(4)9-7-5-6-8-10(9)14-11;/h5-8,11H,4H2,1-3H3;/q-1;. The molecule has 1 aliphatic heterocycles. The van der Waals surface area contributed by atoms with Gasteiger partial charge in [-0.3, -0.25) is 7.05 Å². The fraction of sp³-hybridized carbons (Fsp3) is 0.417. The van der Waals surface area contributed by atoms with E-state index in [9.17, 15) is 0 Å². The fourth-order valence-corrected chi connectivity index (χ4v) is 3.05. The van der Waals surface area contributed by atoms with Crippen LogP contribution in [0, 0.1) is 12.5 Å². The summed E-state index contributed by atoms with van der Waals surface area (Å²) in [6.45, 7) is 6.78. The molecule has 0 saturated carbocycles. The molecule has 1 atom stereocenters. The first-order valence-electron chi connectivity index (χ1n) is 4.85. The van der Waals surface area contributed by atoms with E-state index in [0.717, 1.165) is 0 Å². The van der Waals surface area contributed by atoms with Gasteiger partial charge >= 0.3 is 0 Å². The van der Waals surface area contributed by atoms with Crippen molar-refractivity contribution in [2.45, 2.75) is 31.0 Å². The van der Waals surface area contributed by atoms with Crippen molar-refractivity contribution in [1.82, 2.24) is 0 Å². The minimum atomic E-state index is 0. The second-order valence-electron chi connectivity index (χ2n) is 4.77. The summed E-state index contributed by atoms with van der Waals surface area (Å²) in [5.74, 6) is 0. The molecule has 1 aliphatic rings.